The van der Waals surface area contributed by atoms with Crippen molar-refractivity contribution in [3.8, 4) is 0 Å². The maximum absolute atomic E-state index is 11.7. The third-order valence-corrected chi connectivity index (χ3v) is 3.20. The molecule has 1 aliphatic rings. The van der Waals surface area contributed by atoms with E-state index < -0.39 is 0 Å². The monoisotopic (exact) mass is 262 g/mol. The van der Waals surface area contributed by atoms with Gasteiger partial charge in [0.05, 0.1) is 17.9 Å². The molecule has 2 N–H and O–H groups in total. The highest BCUT2D eigenvalue weighted by Crippen LogP contribution is 2.12. The maximum Gasteiger partial charge on any atom is 0.242 e. The molecule has 0 aliphatic carbocycles. The standard InChI is InChI=1S/C9H14N4OS.ClH/c1-2-13-4-7(3-11-13)12-9(14)8-5-15-6-10-8;/h3-4,8,10H,2,5-6H2,1H3,(H,12,14);1H. The number of anilines is 1. The van der Waals surface area contributed by atoms with Crippen LogP contribution in [-0.2, 0) is 11.3 Å². The summed E-state index contributed by atoms with van der Waals surface area (Å²) in [5.41, 5.74) is 0.764. The van der Waals surface area contributed by atoms with Crippen molar-refractivity contribution < 1.29 is 4.79 Å². The van der Waals surface area contributed by atoms with Gasteiger partial charge in [0.2, 0.25) is 5.91 Å². The van der Waals surface area contributed by atoms with Crippen LogP contribution in [0.15, 0.2) is 12.4 Å². The number of thioether (sulfide) groups is 1. The van der Waals surface area contributed by atoms with Crippen LogP contribution < -0.4 is 10.6 Å². The molecule has 5 nitrogen and oxygen atoms in total. The molecule has 1 aliphatic heterocycles. The first-order valence-corrected chi connectivity index (χ1v) is 6.09. The Hall–Kier alpha value is -0.720. The largest absolute Gasteiger partial charge is 0.322 e. The van der Waals surface area contributed by atoms with Crippen molar-refractivity contribution in [1.82, 2.24) is 15.1 Å². The first-order valence-electron chi connectivity index (χ1n) is 4.94. The number of amides is 1. The molecule has 0 bridgehead atoms. The van der Waals surface area contributed by atoms with Crippen LogP contribution in [0.3, 0.4) is 0 Å². The highest BCUT2D eigenvalue weighted by molar-refractivity contribution is 7.99. The van der Waals surface area contributed by atoms with Crippen molar-refractivity contribution in [1.29, 1.82) is 0 Å². The molecule has 0 spiro atoms. The molecule has 0 aromatic carbocycles. The quantitative estimate of drug-likeness (QED) is 0.851. The number of carbonyl (C=O) groups excluding carboxylic acids is 1. The molecule has 0 saturated carbocycles. The zero-order chi connectivity index (χ0) is 10.7. The minimum Gasteiger partial charge on any atom is -0.322 e. The zero-order valence-corrected chi connectivity index (χ0v) is 10.6. The van der Waals surface area contributed by atoms with Gasteiger partial charge in [0.1, 0.15) is 0 Å². The second-order valence-corrected chi connectivity index (χ2v) is 4.38. The molecule has 1 aromatic rings. The SMILES string of the molecule is CCn1cc(NC(=O)C2CSCN2)cn1.Cl. The Morgan fingerprint density at radius 2 is 2.62 bits per heavy atom. The van der Waals surface area contributed by atoms with Gasteiger partial charge in [-0.25, -0.2) is 0 Å². The van der Waals surface area contributed by atoms with E-state index in [4.69, 9.17) is 0 Å². The molecule has 90 valence electrons. The van der Waals surface area contributed by atoms with Crippen molar-refractivity contribution >= 4 is 35.8 Å². The third-order valence-electron chi connectivity index (χ3n) is 2.26. The highest BCUT2D eigenvalue weighted by Gasteiger charge is 2.22. The lowest BCUT2D eigenvalue weighted by Gasteiger charge is -2.08. The molecule has 0 radical (unpaired) electrons. The van der Waals surface area contributed by atoms with E-state index in [9.17, 15) is 4.79 Å². The first-order chi connectivity index (χ1) is 7.29. The smallest absolute Gasteiger partial charge is 0.242 e. The normalized spacial score (nSPS) is 19.2. The van der Waals surface area contributed by atoms with Crippen LogP contribution in [0, 0.1) is 0 Å². The Bertz CT molecular complexity index is 351. The summed E-state index contributed by atoms with van der Waals surface area (Å²) < 4.78 is 1.78. The zero-order valence-electron chi connectivity index (χ0n) is 8.97. The number of hydrogen-bond acceptors (Lipinski definition) is 4. The molecular formula is C9H15ClN4OS. The van der Waals surface area contributed by atoms with Gasteiger partial charge in [-0.3, -0.25) is 14.8 Å². The highest BCUT2D eigenvalue weighted by atomic mass is 35.5. The van der Waals surface area contributed by atoms with E-state index in [0.29, 0.717) is 0 Å². The van der Waals surface area contributed by atoms with E-state index in [1.165, 1.54) is 0 Å². The number of carbonyl (C=O) groups is 1. The fourth-order valence-electron chi connectivity index (χ4n) is 1.39. The molecule has 1 amide bonds. The molecule has 1 saturated heterocycles. The van der Waals surface area contributed by atoms with Crippen LogP contribution in [0.5, 0.6) is 0 Å². The summed E-state index contributed by atoms with van der Waals surface area (Å²) >= 11 is 1.74. The number of aryl methyl sites for hydroxylation is 1. The summed E-state index contributed by atoms with van der Waals surface area (Å²) in [5.74, 6) is 1.72. The fraction of sp³-hybridized carbons (Fsp3) is 0.556. The van der Waals surface area contributed by atoms with E-state index in [2.05, 4.69) is 15.7 Å². The van der Waals surface area contributed by atoms with Gasteiger partial charge < -0.3 is 5.32 Å². The minimum atomic E-state index is -0.0695. The topological polar surface area (TPSA) is 59.0 Å². The van der Waals surface area contributed by atoms with Crippen LogP contribution in [-0.4, -0.2) is 33.4 Å². The minimum absolute atomic E-state index is 0. The van der Waals surface area contributed by atoms with Crippen LogP contribution >= 0.6 is 24.2 Å². The number of nitrogens with one attached hydrogen (secondary N) is 2. The Balaban J connectivity index is 0.00000128. The van der Waals surface area contributed by atoms with Crippen LogP contribution in [0.2, 0.25) is 0 Å². The molecule has 16 heavy (non-hydrogen) atoms. The van der Waals surface area contributed by atoms with Gasteiger partial charge in [-0.15, -0.1) is 24.2 Å². The van der Waals surface area contributed by atoms with Gasteiger partial charge in [-0.05, 0) is 6.92 Å². The van der Waals surface area contributed by atoms with Gasteiger partial charge in [-0.1, -0.05) is 0 Å². The predicted octanol–water partition coefficient (Wildman–Crippen LogP) is 0.926. The van der Waals surface area contributed by atoms with Crippen molar-refractivity contribution in [3.63, 3.8) is 0 Å². The predicted molar refractivity (Wildman–Crippen MR) is 68.0 cm³/mol. The van der Waals surface area contributed by atoms with E-state index in [-0.39, 0.29) is 24.4 Å². The van der Waals surface area contributed by atoms with Gasteiger partial charge in [0, 0.05) is 24.4 Å². The Kier molecular flexibility index (Phi) is 5.11. The molecule has 2 rings (SSSR count). The Morgan fingerprint density at radius 3 is 3.19 bits per heavy atom. The first kappa shape index (κ1) is 13.3. The average Bonchev–Trinajstić information content (AvgIpc) is 2.87. The number of rotatable bonds is 3. The lowest BCUT2D eigenvalue weighted by Crippen LogP contribution is -2.37. The van der Waals surface area contributed by atoms with Crippen LogP contribution in [0.1, 0.15) is 6.92 Å². The lowest BCUT2D eigenvalue weighted by molar-refractivity contribution is -0.117. The van der Waals surface area contributed by atoms with Gasteiger partial charge >= 0.3 is 0 Å². The summed E-state index contributed by atoms with van der Waals surface area (Å²) in [6, 6.07) is -0.0695. The van der Waals surface area contributed by atoms with Gasteiger partial charge in [-0.2, -0.15) is 5.10 Å². The second kappa shape index (κ2) is 6.12. The van der Waals surface area contributed by atoms with Crippen LogP contribution in [0.25, 0.3) is 0 Å². The second-order valence-electron chi connectivity index (χ2n) is 3.35. The molecule has 1 atom stereocenters. The van der Waals surface area contributed by atoms with Crippen molar-refractivity contribution in [2.24, 2.45) is 0 Å². The number of halogens is 1. The van der Waals surface area contributed by atoms with Crippen molar-refractivity contribution in [2.75, 3.05) is 16.9 Å². The summed E-state index contributed by atoms with van der Waals surface area (Å²) in [6.07, 6.45) is 3.50. The molecule has 1 aromatic heterocycles. The van der Waals surface area contributed by atoms with Crippen molar-refractivity contribution in [2.45, 2.75) is 19.5 Å². The third kappa shape index (κ3) is 3.13. The molecule has 1 unspecified atom stereocenters. The Morgan fingerprint density at radius 1 is 1.81 bits per heavy atom. The number of nitrogens with zero attached hydrogens (tertiary/aromatic N) is 2. The number of hydrogen-bond donors (Lipinski definition) is 2. The van der Waals surface area contributed by atoms with Gasteiger partial charge in [0.25, 0.3) is 0 Å². The summed E-state index contributed by atoms with van der Waals surface area (Å²) in [5, 5.41) is 10.1. The van der Waals surface area contributed by atoms with Crippen molar-refractivity contribution in [3.05, 3.63) is 12.4 Å². The fourth-order valence-corrected chi connectivity index (χ4v) is 2.34. The molecule has 1 fully saturated rings. The van der Waals surface area contributed by atoms with E-state index in [1.807, 2.05) is 13.1 Å². The lowest BCUT2D eigenvalue weighted by atomic mass is 10.3. The summed E-state index contributed by atoms with van der Waals surface area (Å²) in [7, 11) is 0. The van der Waals surface area contributed by atoms with E-state index in [1.54, 1.807) is 22.6 Å². The number of aromatic nitrogens is 2. The molecule has 2 heterocycles. The van der Waals surface area contributed by atoms with E-state index >= 15 is 0 Å². The summed E-state index contributed by atoms with van der Waals surface area (Å²) in [6.45, 7) is 2.82. The summed E-state index contributed by atoms with van der Waals surface area (Å²) in [4.78, 5) is 11.7. The average molecular weight is 263 g/mol. The molecular weight excluding hydrogens is 248 g/mol. The van der Waals surface area contributed by atoms with E-state index in [0.717, 1.165) is 23.9 Å². The van der Waals surface area contributed by atoms with Crippen LogP contribution in [0.4, 0.5) is 5.69 Å². The van der Waals surface area contributed by atoms with Gasteiger partial charge in [0.15, 0.2) is 0 Å². The maximum atomic E-state index is 11.7. The molecule has 7 heteroatoms. The Labute approximate surface area is 105 Å².